The van der Waals surface area contributed by atoms with E-state index in [-0.39, 0.29) is 5.91 Å². The smallest absolute Gasteiger partial charge is 0.274 e. The summed E-state index contributed by atoms with van der Waals surface area (Å²) < 4.78 is 0. The highest BCUT2D eigenvalue weighted by Gasteiger charge is 2.07. The second kappa shape index (κ2) is 4.57. The fraction of sp³-hybridized carbons (Fsp3) is 0.333. The molecule has 70 valence electrons. The first-order chi connectivity index (χ1) is 6.25. The SMILES string of the molecule is CCONC(=O)c1cnccc1C. The van der Waals surface area contributed by atoms with Gasteiger partial charge in [0.05, 0.1) is 12.2 Å². The topological polar surface area (TPSA) is 51.2 Å². The van der Waals surface area contributed by atoms with E-state index in [2.05, 4.69) is 10.5 Å². The zero-order chi connectivity index (χ0) is 9.68. The predicted octanol–water partition coefficient (Wildman–Crippen LogP) is 1.07. The largest absolute Gasteiger partial charge is 0.276 e. The predicted molar refractivity (Wildman–Crippen MR) is 48.1 cm³/mol. The lowest BCUT2D eigenvalue weighted by Gasteiger charge is -2.04. The number of aromatic nitrogens is 1. The van der Waals surface area contributed by atoms with Gasteiger partial charge in [-0.2, -0.15) is 0 Å². The van der Waals surface area contributed by atoms with Crippen molar-refractivity contribution in [3.05, 3.63) is 29.6 Å². The van der Waals surface area contributed by atoms with Crippen molar-refractivity contribution in [2.75, 3.05) is 6.61 Å². The fourth-order valence-corrected chi connectivity index (χ4v) is 0.894. The summed E-state index contributed by atoms with van der Waals surface area (Å²) in [6.45, 7) is 4.10. The molecule has 1 amide bonds. The molecule has 0 spiro atoms. The average molecular weight is 180 g/mol. The number of carbonyl (C=O) groups excluding carboxylic acids is 1. The molecule has 0 atom stereocenters. The van der Waals surface area contributed by atoms with Crippen LogP contribution in [-0.2, 0) is 4.84 Å². The van der Waals surface area contributed by atoms with E-state index in [9.17, 15) is 4.79 Å². The third-order valence-corrected chi connectivity index (χ3v) is 1.59. The molecule has 0 aliphatic carbocycles. The van der Waals surface area contributed by atoms with E-state index in [0.29, 0.717) is 12.2 Å². The van der Waals surface area contributed by atoms with E-state index in [1.807, 2.05) is 6.92 Å². The first-order valence-corrected chi connectivity index (χ1v) is 4.08. The number of hydroxylamine groups is 1. The number of rotatable bonds is 3. The maximum Gasteiger partial charge on any atom is 0.276 e. The Kier molecular flexibility index (Phi) is 3.40. The van der Waals surface area contributed by atoms with Gasteiger partial charge in [-0.05, 0) is 25.5 Å². The van der Waals surface area contributed by atoms with Gasteiger partial charge in [-0.3, -0.25) is 14.6 Å². The van der Waals surface area contributed by atoms with E-state index < -0.39 is 0 Å². The third-order valence-electron chi connectivity index (χ3n) is 1.59. The fourth-order valence-electron chi connectivity index (χ4n) is 0.894. The van der Waals surface area contributed by atoms with Crippen LogP contribution in [-0.4, -0.2) is 17.5 Å². The molecule has 1 aromatic rings. The highest BCUT2D eigenvalue weighted by molar-refractivity contribution is 5.94. The van der Waals surface area contributed by atoms with E-state index in [0.717, 1.165) is 5.56 Å². The number of aryl methyl sites for hydroxylation is 1. The molecule has 1 aromatic heterocycles. The van der Waals surface area contributed by atoms with Crippen molar-refractivity contribution < 1.29 is 9.63 Å². The molecule has 0 saturated heterocycles. The number of hydrogen-bond donors (Lipinski definition) is 1. The summed E-state index contributed by atoms with van der Waals surface area (Å²) in [5, 5.41) is 0. The molecule has 0 radical (unpaired) electrons. The van der Waals surface area contributed by atoms with Crippen LogP contribution in [0, 0.1) is 6.92 Å². The Balaban J connectivity index is 2.71. The zero-order valence-electron chi connectivity index (χ0n) is 7.70. The van der Waals surface area contributed by atoms with Gasteiger partial charge < -0.3 is 0 Å². The summed E-state index contributed by atoms with van der Waals surface area (Å²) in [6.07, 6.45) is 3.16. The summed E-state index contributed by atoms with van der Waals surface area (Å²) in [5.41, 5.74) is 3.73. The average Bonchev–Trinajstić information content (AvgIpc) is 2.15. The Labute approximate surface area is 76.9 Å². The maximum absolute atomic E-state index is 11.3. The van der Waals surface area contributed by atoms with Crippen molar-refractivity contribution in [1.82, 2.24) is 10.5 Å². The van der Waals surface area contributed by atoms with Gasteiger partial charge in [0.25, 0.3) is 5.91 Å². The van der Waals surface area contributed by atoms with Gasteiger partial charge in [0.15, 0.2) is 0 Å². The molecule has 4 heteroatoms. The van der Waals surface area contributed by atoms with Crippen LogP contribution in [0.2, 0.25) is 0 Å². The Bertz CT molecular complexity index is 299. The highest BCUT2D eigenvalue weighted by atomic mass is 16.6. The van der Waals surface area contributed by atoms with Crippen LogP contribution in [0.4, 0.5) is 0 Å². The lowest BCUT2D eigenvalue weighted by Crippen LogP contribution is -2.24. The molecule has 0 unspecified atom stereocenters. The molecule has 0 fully saturated rings. The minimum Gasteiger partial charge on any atom is -0.274 e. The molecular weight excluding hydrogens is 168 g/mol. The Hall–Kier alpha value is -1.42. The second-order valence-corrected chi connectivity index (χ2v) is 2.55. The molecule has 1 heterocycles. The van der Waals surface area contributed by atoms with Crippen LogP contribution < -0.4 is 5.48 Å². The van der Waals surface area contributed by atoms with Gasteiger partial charge in [0.2, 0.25) is 0 Å². The minimum absolute atomic E-state index is 0.257. The van der Waals surface area contributed by atoms with Crippen LogP contribution >= 0.6 is 0 Å². The van der Waals surface area contributed by atoms with Gasteiger partial charge in [-0.1, -0.05) is 0 Å². The van der Waals surface area contributed by atoms with E-state index in [1.54, 1.807) is 19.2 Å². The van der Waals surface area contributed by atoms with Crippen molar-refractivity contribution in [2.24, 2.45) is 0 Å². The normalized spacial score (nSPS) is 9.69. The van der Waals surface area contributed by atoms with Gasteiger partial charge in [-0.15, -0.1) is 0 Å². The van der Waals surface area contributed by atoms with Crippen LogP contribution in [0.15, 0.2) is 18.5 Å². The molecule has 0 saturated carbocycles. The van der Waals surface area contributed by atoms with E-state index in [1.165, 1.54) is 6.20 Å². The Morgan fingerprint density at radius 2 is 2.46 bits per heavy atom. The Morgan fingerprint density at radius 3 is 3.08 bits per heavy atom. The number of nitrogens with one attached hydrogen (secondary N) is 1. The zero-order valence-corrected chi connectivity index (χ0v) is 7.70. The summed E-state index contributed by atoms with van der Waals surface area (Å²) in [7, 11) is 0. The van der Waals surface area contributed by atoms with E-state index >= 15 is 0 Å². The quantitative estimate of drug-likeness (QED) is 0.708. The van der Waals surface area contributed by atoms with Crippen LogP contribution in [0.1, 0.15) is 22.8 Å². The number of hydrogen-bond acceptors (Lipinski definition) is 3. The van der Waals surface area contributed by atoms with Gasteiger partial charge >= 0.3 is 0 Å². The lowest BCUT2D eigenvalue weighted by molar-refractivity contribution is 0.0363. The van der Waals surface area contributed by atoms with Gasteiger partial charge in [-0.25, -0.2) is 5.48 Å². The monoisotopic (exact) mass is 180 g/mol. The van der Waals surface area contributed by atoms with Crippen molar-refractivity contribution in [3.63, 3.8) is 0 Å². The number of nitrogens with zero attached hydrogens (tertiary/aromatic N) is 1. The van der Waals surface area contributed by atoms with Crippen molar-refractivity contribution in [2.45, 2.75) is 13.8 Å². The molecule has 4 nitrogen and oxygen atoms in total. The van der Waals surface area contributed by atoms with Gasteiger partial charge in [0.1, 0.15) is 0 Å². The number of carbonyl (C=O) groups is 1. The summed E-state index contributed by atoms with van der Waals surface area (Å²) in [4.78, 5) is 20.0. The summed E-state index contributed by atoms with van der Waals surface area (Å²) in [6, 6.07) is 1.78. The lowest BCUT2D eigenvalue weighted by atomic mass is 10.1. The third kappa shape index (κ3) is 2.52. The highest BCUT2D eigenvalue weighted by Crippen LogP contribution is 2.03. The molecular formula is C9H12N2O2. The van der Waals surface area contributed by atoms with Gasteiger partial charge in [0, 0.05) is 12.4 Å². The van der Waals surface area contributed by atoms with E-state index in [4.69, 9.17) is 4.84 Å². The molecule has 0 aliphatic heterocycles. The molecule has 0 bridgehead atoms. The number of amides is 1. The second-order valence-electron chi connectivity index (χ2n) is 2.55. The van der Waals surface area contributed by atoms with Crippen LogP contribution in [0.3, 0.4) is 0 Å². The van der Waals surface area contributed by atoms with Crippen LogP contribution in [0.5, 0.6) is 0 Å². The van der Waals surface area contributed by atoms with Crippen molar-refractivity contribution in [3.8, 4) is 0 Å². The number of pyridine rings is 1. The van der Waals surface area contributed by atoms with Crippen molar-refractivity contribution in [1.29, 1.82) is 0 Å². The summed E-state index contributed by atoms with van der Waals surface area (Å²) >= 11 is 0. The molecule has 0 aromatic carbocycles. The Morgan fingerprint density at radius 1 is 1.69 bits per heavy atom. The summed E-state index contributed by atoms with van der Waals surface area (Å²) in [5.74, 6) is -0.257. The standard InChI is InChI=1S/C9H12N2O2/c1-3-13-11-9(12)8-6-10-5-4-7(8)2/h4-6H,3H2,1-2H3,(H,11,12). The molecule has 1 rings (SSSR count). The van der Waals surface area contributed by atoms with Crippen LogP contribution in [0.25, 0.3) is 0 Å². The molecule has 0 aliphatic rings. The van der Waals surface area contributed by atoms with Crippen molar-refractivity contribution >= 4 is 5.91 Å². The first kappa shape index (κ1) is 9.67. The first-order valence-electron chi connectivity index (χ1n) is 4.08. The molecule has 13 heavy (non-hydrogen) atoms. The maximum atomic E-state index is 11.3. The minimum atomic E-state index is -0.257. The molecule has 1 N–H and O–H groups in total.